The molecule has 1 fully saturated rings. The van der Waals surface area contributed by atoms with E-state index in [1.54, 1.807) is 23.1 Å². The van der Waals surface area contributed by atoms with E-state index in [1.807, 2.05) is 0 Å². The van der Waals surface area contributed by atoms with Crippen molar-refractivity contribution >= 4 is 17.7 Å². The molecule has 138 valence electrons. The van der Waals surface area contributed by atoms with Gasteiger partial charge in [0, 0.05) is 11.4 Å². The van der Waals surface area contributed by atoms with Gasteiger partial charge in [0.2, 0.25) is 0 Å². The highest BCUT2D eigenvalue weighted by Crippen LogP contribution is 2.29. The summed E-state index contributed by atoms with van der Waals surface area (Å²) in [6.07, 6.45) is 3.06. The van der Waals surface area contributed by atoms with Crippen LogP contribution in [0.3, 0.4) is 0 Å². The zero-order valence-electron chi connectivity index (χ0n) is 13.6. The van der Waals surface area contributed by atoms with Crippen LogP contribution in [0.25, 0.3) is 0 Å². The Labute approximate surface area is 152 Å². The molecule has 0 radical (unpaired) electrons. The number of piperidine rings is 1. The molecular weight excluding hydrogens is 367 g/mol. The predicted octanol–water partition coefficient (Wildman–Crippen LogP) is 3.61. The van der Waals surface area contributed by atoms with E-state index in [-0.39, 0.29) is 35.0 Å². The van der Waals surface area contributed by atoms with Crippen LogP contribution in [0.5, 0.6) is 6.01 Å². The summed E-state index contributed by atoms with van der Waals surface area (Å²) >= 11 is 0.355. The lowest BCUT2D eigenvalue weighted by Gasteiger charge is -2.32. The Kier molecular flexibility index (Phi) is 5.97. The average Bonchev–Trinajstić information content (AvgIpc) is 2.63. The standard InChI is InChI=1S/C17H16F3N3O2S/c18-11-8-21-17(22-9-11)25-12-4-3-7-23(10-12)15(24)13-5-1-2-6-14(13)26-16(19)20/h1-2,5-6,8-9,12,16H,3-4,7,10H2/t12-/m1/s1. The van der Waals surface area contributed by atoms with E-state index in [0.717, 1.165) is 12.4 Å². The topological polar surface area (TPSA) is 55.3 Å². The van der Waals surface area contributed by atoms with Crippen LogP contribution >= 0.6 is 11.8 Å². The van der Waals surface area contributed by atoms with E-state index in [4.69, 9.17) is 4.74 Å². The van der Waals surface area contributed by atoms with Crippen molar-refractivity contribution in [3.8, 4) is 6.01 Å². The van der Waals surface area contributed by atoms with Gasteiger partial charge in [-0.3, -0.25) is 4.79 Å². The minimum Gasteiger partial charge on any atom is -0.458 e. The third-order valence-corrected chi connectivity index (χ3v) is 4.66. The number of alkyl halides is 2. The fraction of sp³-hybridized carbons (Fsp3) is 0.353. The predicted molar refractivity (Wildman–Crippen MR) is 89.8 cm³/mol. The molecule has 0 unspecified atom stereocenters. The number of likely N-dealkylation sites (tertiary alicyclic amines) is 1. The number of nitrogens with zero attached hydrogens (tertiary/aromatic N) is 3. The Bertz CT molecular complexity index is 761. The molecule has 26 heavy (non-hydrogen) atoms. The molecule has 3 rings (SSSR count). The molecule has 1 aromatic heterocycles. The van der Waals surface area contributed by atoms with Crippen LogP contribution in [0.15, 0.2) is 41.6 Å². The molecule has 9 heteroatoms. The van der Waals surface area contributed by atoms with E-state index < -0.39 is 11.6 Å². The largest absolute Gasteiger partial charge is 0.458 e. The highest BCUT2D eigenvalue weighted by atomic mass is 32.2. The molecule has 0 spiro atoms. The van der Waals surface area contributed by atoms with E-state index in [9.17, 15) is 18.0 Å². The lowest BCUT2D eigenvalue weighted by molar-refractivity contribution is 0.0512. The van der Waals surface area contributed by atoms with E-state index >= 15 is 0 Å². The summed E-state index contributed by atoms with van der Waals surface area (Å²) in [6, 6.07) is 6.36. The van der Waals surface area contributed by atoms with Crippen molar-refractivity contribution in [3.05, 3.63) is 48.0 Å². The lowest BCUT2D eigenvalue weighted by atomic mass is 10.1. The molecule has 1 saturated heterocycles. The highest BCUT2D eigenvalue weighted by molar-refractivity contribution is 7.99. The average molecular weight is 383 g/mol. The fourth-order valence-corrected chi connectivity index (χ4v) is 3.37. The number of carbonyl (C=O) groups excluding carboxylic acids is 1. The second-order valence-electron chi connectivity index (χ2n) is 5.69. The number of hydrogen-bond acceptors (Lipinski definition) is 5. The summed E-state index contributed by atoms with van der Waals surface area (Å²) in [4.78, 5) is 22.1. The van der Waals surface area contributed by atoms with Gasteiger partial charge in [-0.25, -0.2) is 14.4 Å². The third kappa shape index (κ3) is 4.66. The maximum atomic E-state index is 12.9. The smallest absolute Gasteiger partial charge is 0.316 e. The van der Waals surface area contributed by atoms with Crippen molar-refractivity contribution in [2.45, 2.75) is 29.6 Å². The first-order chi connectivity index (χ1) is 12.5. The van der Waals surface area contributed by atoms with Gasteiger partial charge in [0.05, 0.1) is 24.5 Å². The number of rotatable bonds is 5. The molecule has 1 aliphatic heterocycles. The fourth-order valence-electron chi connectivity index (χ4n) is 2.74. The number of ether oxygens (including phenoxy) is 1. The summed E-state index contributed by atoms with van der Waals surface area (Å²) in [6.45, 7) is 0.796. The number of carbonyl (C=O) groups is 1. The monoisotopic (exact) mass is 383 g/mol. The molecule has 0 N–H and O–H groups in total. The molecule has 1 amide bonds. The van der Waals surface area contributed by atoms with Crippen LogP contribution in [0.2, 0.25) is 0 Å². The molecule has 0 saturated carbocycles. The zero-order chi connectivity index (χ0) is 18.5. The van der Waals surface area contributed by atoms with Crippen molar-refractivity contribution in [2.24, 2.45) is 0 Å². The third-order valence-electron chi connectivity index (χ3n) is 3.87. The molecule has 1 aliphatic rings. The first-order valence-electron chi connectivity index (χ1n) is 8.00. The Hall–Kier alpha value is -2.29. The van der Waals surface area contributed by atoms with Gasteiger partial charge in [-0.1, -0.05) is 23.9 Å². The number of aromatic nitrogens is 2. The highest BCUT2D eigenvalue weighted by Gasteiger charge is 2.28. The van der Waals surface area contributed by atoms with Crippen molar-refractivity contribution < 1.29 is 22.7 Å². The number of amides is 1. The molecule has 0 aliphatic carbocycles. The Balaban J connectivity index is 1.69. The van der Waals surface area contributed by atoms with Gasteiger partial charge < -0.3 is 9.64 Å². The molecule has 1 atom stereocenters. The second kappa shape index (κ2) is 8.39. The van der Waals surface area contributed by atoms with E-state index in [0.29, 0.717) is 31.1 Å². The summed E-state index contributed by atoms with van der Waals surface area (Å²) in [7, 11) is 0. The molecule has 2 heterocycles. The SMILES string of the molecule is O=C(c1ccccc1SC(F)F)N1CCC[C@@H](Oc2ncc(F)cn2)C1. The summed E-state index contributed by atoms with van der Waals surface area (Å²) in [5, 5.41) is 0. The quantitative estimate of drug-likeness (QED) is 0.739. The van der Waals surface area contributed by atoms with Crippen LogP contribution in [0.4, 0.5) is 13.2 Å². The zero-order valence-corrected chi connectivity index (χ0v) is 14.5. The molecular formula is C17H16F3N3O2S. The number of thioether (sulfide) groups is 1. The van der Waals surface area contributed by atoms with Crippen molar-refractivity contribution in [1.29, 1.82) is 0 Å². The number of benzene rings is 1. The molecule has 5 nitrogen and oxygen atoms in total. The van der Waals surface area contributed by atoms with Gasteiger partial charge in [0.1, 0.15) is 6.10 Å². The Morgan fingerprint density at radius 3 is 2.73 bits per heavy atom. The summed E-state index contributed by atoms with van der Waals surface area (Å²) < 4.78 is 43.9. The molecule has 2 aromatic rings. The van der Waals surface area contributed by atoms with Crippen LogP contribution in [-0.2, 0) is 0 Å². The van der Waals surface area contributed by atoms with Crippen molar-refractivity contribution in [2.75, 3.05) is 13.1 Å². The lowest BCUT2D eigenvalue weighted by Crippen LogP contribution is -2.44. The van der Waals surface area contributed by atoms with Gasteiger partial charge in [0.25, 0.3) is 11.7 Å². The van der Waals surface area contributed by atoms with Crippen LogP contribution < -0.4 is 4.74 Å². The first kappa shape index (κ1) is 18.5. The summed E-state index contributed by atoms with van der Waals surface area (Å²) in [5.74, 6) is -3.48. The van der Waals surface area contributed by atoms with E-state index in [1.165, 1.54) is 6.07 Å². The summed E-state index contributed by atoms with van der Waals surface area (Å²) in [5.41, 5.74) is 0.247. The van der Waals surface area contributed by atoms with E-state index in [2.05, 4.69) is 9.97 Å². The second-order valence-corrected chi connectivity index (χ2v) is 6.72. The Morgan fingerprint density at radius 1 is 1.27 bits per heavy atom. The first-order valence-corrected chi connectivity index (χ1v) is 8.88. The Morgan fingerprint density at radius 2 is 2.00 bits per heavy atom. The minimum absolute atomic E-state index is 0.0411. The van der Waals surface area contributed by atoms with Gasteiger partial charge in [-0.05, 0) is 25.0 Å². The van der Waals surface area contributed by atoms with Gasteiger partial charge in [0.15, 0.2) is 5.82 Å². The van der Waals surface area contributed by atoms with Gasteiger partial charge in [-0.2, -0.15) is 8.78 Å². The van der Waals surface area contributed by atoms with Crippen molar-refractivity contribution in [1.82, 2.24) is 14.9 Å². The minimum atomic E-state index is -2.60. The number of halogens is 3. The van der Waals surface area contributed by atoms with Gasteiger partial charge >= 0.3 is 6.01 Å². The molecule has 1 aromatic carbocycles. The maximum absolute atomic E-state index is 12.9. The molecule has 0 bridgehead atoms. The normalized spacial score (nSPS) is 17.4. The number of hydrogen-bond donors (Lipinski definition) is 0. The van der Waals surface area contributed by atoms with Crippen LogP contribution in [-0.4, -0.2) is 45.7 Å². The maximum Gasteiger partial charge on any atom is 0.316 e. The van der Waals surface area contributed by atoms with Crippen LogP contribution in [0, 0.1) is 5.82 Å². The van der Waals surface area contributed by atoms with Crippen LogP contribution in [0.1, 0.15) is 23.2 Å². The van der Waals surface area contributed by atoms with Gasteiger partial charge in [-0.15, -0.1) is 0 Å². The van der Waals surface area contributed by atoms with Crippen molar-refractivity contribution in [3.63, 3.8) is 0 Å².